The average molecular weight is 216 g/mol. The van der Waals surface area contributed by atoms with Gasteiger partial charge in [0.05, 0.1) is 0 Å². The first-order valence-corrected chi connectivity index (χ1v) is 5.34. The fourth-order valence-corrected chi connectivity index (χ4v) is 1.31. The number of benzene rings is 2. The second-order valence-corrected chi connectivity index (χ2v) is 3.81. The highest BCUT2D eigenvalue weighted by Crippen LogP contribution is 2.09. The molecule has 0 nitrogen and oxygen atoms in total. The molecule has 0 N–H and O–H groups in total. The Bertz CT molecular complexity index is 412. The Hall–Kier alpha value is -1.63. The van der Waals surface area contributed by atoms with Crippen molar-refractivity contribution in [1.29, 1.82) is 0 Å². The maximum absolute atomic E-state index is 11.9. The summed E-state index contributed by atoms with van der Waals surface area (Å²) in [5, 5.41) is 0. The molecule has 0 radical (unpaired) electrons. The molecule has 0 fully saturated rings. The third-order valence-electron chi connectivity index (χ3n) is 2.61. The van der Waals surface area contributed by atoms with Gasteiger partial charge in [-0.1, -0.05) is 36.4 Å². The quantitative estimate of drug-likeness (QED) is 0.610. The van der Waals surface area contributed by atoms with Crippen LogP contribution in [0.4, 0.5) is 4.39 Å². The van der Waals surface area contributed by atoms with Gasteiger partial charge in [-0.25, -0.2) is 4.39 Å². The largest absolute Gasteiger partial charge is 0.207 e. The summed E-state index contributed by atoms with van der Waals surface area (Å²) in [5.41, 5.74) is 4.18. The standard InChI is InChI=1S/C9H12.C6H5F/c1-7-5-4-6-8(2)9(7)3;7-6-4-2-1-3-5-6/h4-6H,1-3H3;1-5H. The van der Waals surface area contributed by atoms with Crippen molar-refractivity contribution in [3.8, 4) is 0 Å². The van der Waals surface area contributed by atoms with E-state index in [4.69, 9.17) is 0 Å². The van der Waals surface area contributed by atoms with Gasteiger partial charge in [0.25, 0.3) is 0 Å². The minimum atomic E-state index is -0.178. The normalized spacial score (nSPS) is 9.25. The van der Waals surface area contributed by atoms with E-state index < -0.39 is 0 Å². The Morgan fingerprint density at radius 1 is 0.688 bits per heavy atom. The van der Waals surface area contributed by atoms with Crippen molar-refractivity contribution < 1.29 is 4.39 Å². The Morgan fingerprint density at radius 2 is 1.19 bits per heavy atom. The fourth-order valence-electron chi connectivity index (χ4n) is 1.31. The molecule has 0 amide bonds. The molecule has 2 aromatic rings. The van der Waals surface area contributed by atoms with Gasteiger partial charge in [-0.05, 0) is 49.6 Å². The Kier molecular flexibility index (Phi) is 4.71. The molecule has 0 aromatic heterocycles. The molecule has 1 heteroatoms. The summed E-state index contributed by atoms with van der Waals surface area (Å²) in [5.74, 6) is -0.178. The number of hydrogen-bond acceptors (Lipinski definition) is 0. The van der Waals surface area contributed by atoms with Gasteiger partial charge in [0.15, 0.2) is 0 Å². The summed E-state index contributed by atoms with van der Waals surface area (Å²) in [6.45, 7) is 6.44. The summed E-state index contributed by atoms with van der Waals surface area (Å²) in [6, 6.07) is 14.3. The molecule has 0 bridgehead atoms. The molecule has 0 aliphatic heterocycles. The van der Waals surface area contributed by atoms with Crippen molar-refractivity contribution in [1.82, 2.24) is 0 Å². The highest BCUT2D eigenvalue weighted by Gasteiger charge is 1.91. The summed E-state index contributed by atoms with van der Waals surface area (Å²) >= 11 is 0. The molecule has 0 unspecified atom stereocenters. The van der Waals surface area contributed by atoms with Crippen LogP contribution in [0.15, 0.2) is 48.5 Å². The molecular formula is C15H17F. The van der Waals surface area contributed by atoms with E-state index in [2.05, 4.69) is 39.0 Å². The maximum Gasteiger partial charge on any atom is 0.123 e. The monoisotopic (exact) mass is 216 g/mol. The lowest BCUT2D eigenvalue weighted by Gasteiger charge is -2.00. The zero-order chi connectivity index (χ0) is 12.0. The number of aryl methyl sites for hydroxylation is 2. The molecule has 0 saturated carbocycles. The van der Waals surface area contributed by atoms with Gasteiger partial charge >= 0.3 is 0 Å². The molecule has 0 heterocycles. The van der Waals surface area contributed by atoms with E-state index in [0.29, 0.717) is 0 Å². The molecule has 84 valence electrons. The number of hydrogen-bond donors (Lipinski definition) is 0. The summed E-state index contributed by atoms with van der Waals surface area (Å²) in [4.78, 5) is 0. The smallest absolute Gasteiger partial charge is 0.123 e. The number of rotatable bonds is 0. The Labute approximate surface area is 96.8 Å². The second kappa shape index (κ2) is 6.06. The predicted molar refractivity (Wildman–Crippen MR) is 67.1 cm³/mol. The lowest BCUT2D eigenvalue weighted by Crippen LogP contribution is -1.82. The summed E-state index contributed by atoms with van der Waals surface area (Å²) < 4.78 is 11.9. The molecule has 0 aliphatic rings. The highest BCUT2D eigenvalue weighted by atomic mass is 19.1. The molecule has 0 atom stereocenters. The van der Waals surface area contributed by atoms with Crippen LogP contribution < -0.4 is 0 Å². The van der Waals surface area contributed by atoms with Crippen LogP contribution in [-0.2, 0) is 0 Å². The van der Waals surface area contributed by atoms with Crippen LogP contribution in [-0.4, -0.2) is 0 Å². The van der Waals surface area contributed by atoms with Crippen LogP contribution in [0.3, 0.4) is 0 Å². The van der Waals surface area contributed by atoms with Gasteiger partial charge < -0.3 is 0 Å². The molecule has 0 aliphatic carbocycles. The third-order valence-corrected chi connectivity index (χ3v) is 2.61. The first-order valence-electron chi connectivity index (χ1n) is 5.34. The van der Waals surface area contributed by atoms with Gasteiger partial charge in [0, 0.05) is 0 Å². The summed E-state index contributed by atoms with van der Waals surface area (Å²) in [6.07, 6.45) is 0. The fraction of sp³-hybridized carbons (Fsp3) is 0.200. The van der Waals surface area contributed by atoms with Crippen molar-refractivity contribution >= 4 is 0 Å². The SMILES string of the molecule is Cc1cccc(C)c1C.Fc1ccccc1. The van der Waals surface area contributed by atoms with Gasteiger partial charge in [0.2, 0.25) is 0 Å². The van der Waals surface area contributed by atoms with E-state index in [-0.39, 0.29) is 5.82 Å². The second-order valence-electron chi connectivity index (χ2n) is 3.81. The van der Waals surface area contributed by atoms with E-state index in [9.17, 15) is 4.39 Å². The first kappa shape index (κ1) is 12.4. The molecule has 2 aromatic carbocycles. The van der Waals surface area contributed by atoms with Crippen LogP contribution >= 0.6 is 0 Å². The van der Waals surface area contributed by atoms with Crippen molar-refractivity contribution in [2.24, 2.45) is 0 Å². The zero-order valence-corrected chi connectivity index (χ0v) is 10.00. The van der Waals surface area contributed by atoms with E-state index >= 15 is 0 Å². The zero-order valence-electron chi connectivity index (χ0n) is 10.00. The highest BCUT2D eigenvalue weighted by molar-refractivity contribution is 5.31. The van der Waals surface area contributed by atoms with Crippen molar-refractivity contribution in [2.45, 2.75) is 20.8 Å². The lowest BCUT2D eigenvalue weighted by molar-refractivity contribution is 0.628. The molecule has 0 spiro atoms. The molecule has 2 rings (SSSR count). The Morgan fingerprint density at radius 3 is 1.50 bits per heavy atom. The van der Waals surface area contributed by atoms with Crippen molar-refractivity contribution in [3.63, 3.8) is 0 Å². The van der Waals surface area contributed by atoms with E-state index in [1.54, 1.807) is 18.2 Å². The van der Waals surface area contributed by atoms with Crippen molar-refractivity contribution in [2.75, 3.05) is 0 Å². The van der Waals surface area contributed by atoms with Gasteiger partial charge in [0.1, 0.15) is 5.82 Å². The lowest BCUT2D eigenvalue weighted by atomic mass is 10.1. The third kappa shape index (κ3) is 3.85. The van der Waals surface area contributed by atoms with Crippen LogP contribution in [0.1, 0.15) is 16.7 Å². The van der Waals surface area contributed by atoms with Crippen molar-refractivity contribution in [3.05, 3.63) is 71.0 Å². The minimum Gasteiger partial charge on any atom is -0.207 e. The molecule has 0 saturated heterocycles. The summed E-state index contributed by atoms with van der Waals surface area (Å²) in [7, 11) is 0. The topological polar surface area (TPSA) is 0 Å². The first-order chi connectivity index (χ1) is 7.61. The van der Waals surface area contributed by atoms with E-state index in [1.807, 2.05) is 0 Å². The minimum absolute atomic E-state index is 0.178. The van der Waals surface area contributed by atoms with Crippen LogP contribution in [0.5, 0.6) is 0 Å². The average Bonchev–Trinajstić information content (AvgIpc) is 2.28. The van der Waals surface area contributed by atoms with Gasteiger partial charge in [-0.3, -0.25) is 0 Å². The van der Waals surface area contributed by atoms with Crippen LogP contribution in [0, 0.1) is 26.6 Å². The number of halogens is 1. The van der Waals surface area contributed by atoms with Crippen LogP contribution in [0.25, 0.3) is 0 Å². The van der Waals surface area contributed by atoms with Gasteiger partial charge in [-0.2, -0.15) is 0 Å². The predicted octanol–water partition coefficient (Wildman–Crippen LogP) is 4.44. The molecule has 16 heavy (non-hydrogen) atoms. The molecular weight excluding hydrogens is 199 g/mol. The maximum atomic E-state index is 11.9. The van der Waals surface area contributed by atoms with Gasteiger partial charge in [-0.15, -0.1) is 0 Å². The Balaban J connectivity index is 0.000000165. The van der Waals surface area contributed by atoms with E-state index in [1.165, 1.54) is 28.8 Å². The van der Waals surface area contributed by atoms with Crippen LogP contribution in [0.2, 0.25) is 0 Å². The van der Waals surface area contributed by atoms with E-state index in [0.717, 1.165) is 0 Å².